The summed E-state index contributed by atoms with van der Waals surface area (Å²) in [7, 11) is -2.77. The maximum Gasteiger partial charge on any atom is 0.240 e. The van der Waals surface area contributed by atoms with Gasteiger partial charge in [0, 0.05) is 5.56 Å². The van der Waals surface area contributed by atoms with E-state index in [1.165, 1.54) is 13.2 Å². The van der Waals surface area contributed by atoms with Gasteiger partial charge in [-0.05, 0) is 35.9 Å². The van der Waals surface area contributed by atoms with Gasteiger partial charge in [0.2, 0.25) is 10.0 Å². The first-order valence-corrected chi connectivity index (χ1v) is 9.39. The Kier molecular flexibility index (Phi) is 5.18. The third-order valence-corrected chi connectivity index (χ3v) is 5.08. The van der Waals surface area contributed by atoms with Gasteiger partial charge in [-0.3, -0.25) is 0 Å². The van der Waals surface area contributed by atoms with Crippen molar-refractivity contribution in [2.75, 3.05) is 7.11 Å². The van der Waals surface area contributed by atoms with Gasteiger partial charge in [0.15, 0.2) is 12.4 Å². The quantitative estimate of drug-likeness (QED) is 0.682. The van der Waals surface area contributed by atoms with Crippen molar-refractivity contribution in [1.29, 1.82) is 0 Å². The van der Waals surface area contributed by atoms with Gasteiger partial charge in [0.05, 0.1) is 17.7 Å². The lowest BCUT2D eigenvalue weighted by Gasteiger charge is -2.08. The van der Waals surface area contributed by atoms with Crippen molar-refractivity contribution in [3.63, 3.8) is 0 Å². The molecule has 6 nitrogen and oxygen atoms in total. The molecule has 10 heteroatoms. The molecule has 2 N–H and O–H groups in total. The van der Waals surface area contributed by atoms with Crippen LogP contribution in [0.5, 0.6) is 5.75 Å². The Morgan fingerprint density at radius 1 is 1.22 bits per heavy atom. The van der Waals surface area contributed by atoms with Gasteiger partial charge in [-0.1, -0.05) is 22.8 Å². The summed E-state index contributed by atoms with van der Waals surface area (Å²) >= 11 is 6.12. The SMILES string of the molecule is COc1ccc(-c2noc(CF)c2-c2ccc(S(N)(=O)=O)c(F)c2)cc1Cl. The van der Waals surface area contributed by atoms with Crippen molar-refractivity contribution in [2.45, 2.75) is 11.6 Å². The van der Waals surface area contributed by atoms with Gasteiger partial charge in [-0.25, -0.2) is 22.3 Å². The van der Waals surface area contributed by atoms with Crippen LogP contribution in [0, 0.1) is 5.82 Å². The Hall–Kier alpha value is -2.49. The molecule has 142 valence electrons. The van der Waals surface area contributed by atoms with Crippen LogP contribution in [0.4, 0.5) is 8.78 Å². The topological polar surface area (TPSA) is 95.4 Å². The molecule has 2 aromatic carbocycles. The Labute approximate surface area is 158 Å². The molecular weight excluding hydrogens is 402 g/mol. The number of hydrogen-bond acceptors (Lipinski definition) is 5. The maximum absolute atomic E-state index is 14.2. The minimum atomic E-state index is -4.23. The van der Waals surface area contributed by atoms with E-state index in [0.29, 0.717) is 16.3 Å². The highest BCUT2D eigenvalue weighted by atomic mass is 35.5. The highest BCUT2D eigenvalue weighted by Crippen LogP contribution is 2.38. The summed E-state index contributed by atoms with van der Waals surface area (Å²) in [5.74, 6) is -0.779. The number of hydrogen-bond donors (Lipinski definition) is 1. The van der Waals surface area contributed by atoms with Crippen LogP contribution in [-0.4, -0.2) is 20.7 Å². The number of benzene rings is 2. The normalized spacial score (nSPS) is 11.6. The van der Waals surface area contributed by atoms with Gasteiger partial charge >= 0.3 is 0 Å². The van der Waals surface area contributed by atoms with Crippen LogP contribution >= 0.6 is 11.6 Å². The number of ether oxygens (including phenoxy) is 1. The average molecular weight is 415 g/mol. The monoisotopic (exact) mass is 414 g/mol. The number of nitrogens with zero attached hydrogens (tertiary/aromatic N) is 1. The first-order valence-electron chi connectivity index (χ1n) is 7.47. The van der Waals surface area contributed by atoms with Crippen LogP contribution in [-0.2, 0) is 16.7 Å². The number of primary sulfonamides is 1. The second-order valence-corrected chi connectivity index (χ2v) is 7.44. The minimum absolute atomic E-state index is 0.139. The number of sulfonamides is 1. The minimum Gasteiger partial charge on any atom is -0.495 e. The summed E-state index contributed by atoms with van der Waals surface area (Å²) in [6.07, 6.45) is 0. The zero-order valence-corrected chi connectivity index (χ0v) is 15.4. The van der Waals surface area contributed by atoms with Crippen LogP contribution in [0.1, 0.15) is 5.76 Å². The summed E-state index contributed by atoms with van der Waals surface area (Å²) in [5.41, 5.74) is 1.06. The molecule has 0 aliphatic rings. The fourth-order valence-corrected chi connectivity index (χ4v) is 3.46. The van der Waals surface area contributed by atoms with Crippen molar-refractivity contribution in [1.82, 2.24) is 5.16 Å². The molecule has 1 aromatic heterocycles. The smallest absolute Gasteiger partial charge is 0.240 e. The lowest BCUT2D eigenvalue weighted by atomic mass is 9.99. The summed E-state index contributed by atoms with van der Waals surface area (Å²) in [5, 5.41) is 9.11. The van der Waals surface area contributed by atoms with Crippen LogP contribution in [0.25, 0.3) is 22.4 Å². The van der Waals surface area contributed by atoms with Gasteiger partial charge in [-0.2, -0.15) is 0 Å². The molecule has 0 spiro atoms. The van der Waals surface area contributed by atoms with E-state index in [9.17, 15) is 17.2 Å². The van der Waals surface area contributed by atoms with Crippen molar-refractivity contribution >= 4 is 21.6 Å². The number of rotatable bonds is 5. The van der Waals surface area contributed by atoms with E-state index in [-0.39, 0.29) is 22.6 Å². The van der Waals surface area contributed by atoms with Crippen molar-refractivity contribution in [2.24, 2.45) is 5.14 Å². The second-order valence-electron chi connectivity index (χ2n) is 5.50. The summed E-state index contributed by atoms with van der Waals surface area (Å²) in [6.45, 7) is -0.995. The van der Waals surface area contributed by atoms with E-state index < -0.39 is 27.4 Å². The zero-order chi connectivity index (χ0) is 19.8. The largest absolute Gasteiger partial charge is 0.495 e. The second kappa shape index (κ2) is 7.26. The Morgan fingerprint density at radius 3 is 2.48 bits per heavy atom. The Balaban J connectivity index is 2.18. The standard InChI is InChI=1S/C17H13ClF2N2O4S/c1-25-13-4-2-10(6-11(13)18)17-16(14(8-19)26-22-17)9-3-5-15(12(20)7-9)27(21,23)24/h2-7H,8H2,1H3,(H2,21,23,24). The fourth-order valence-electron chi connectivity index (χ4n) is 2.61. The van der Waals surface area contributed by atoms with Crippen LogP contribution in [0.3, 0.4) is 0 Å². The molecule has 0 radical (unpaired) electrons. The molecule has 0 unspecified atom stereocenters. The molecule has 0 saturated heterocycles. The molecular formula is C17H13ClF2N2O4S. The first-order chi connectivity index (χ1) is 12.8. The molecule has 0 atom stereocenters. The van der Waals surface area contributed by atoms with E-state index in [0.717, 1.165) is 12.1 Å². The van der Waals surface area contributed by atoms with Crippen molar-refractivity contribution in [3.05, 3.63) is 53.0 Å². The molecule has 3 aromatic rings. The number of methoxy groups -OCH3 is 1. The highest BCUT2D eigenvalue weighted by Gasteiger charge is 2.22. The van der Waals surface area contributed by atoms with E-state index in [4.69, 9.17) is 26.0 Å². The zero-order valence-electron chi connectivity index (χ0n) is 13.9. The lowest BCUT2D eigenvalue weighted by Crippen LogP contribution is -2.14. The molecule has 0 aliphatic carbocycles. The van der Waals surface area contributed by atoms with Crippen LogP contribution in [0.2, 0.25) is 5.02 Å². The van der Waals surface area contributed by atoms with Gasteiger partial charge in [0.1, 0.15) is 22.2 Å². The van der Waals surface area contributed by atoms with Gasteiger partial charge in [0.25, 0.3) is 0 Å². The molecule has 0 fully saturated rings. The molecule has 3 rings (SSSR count). The van der Waals surface area contributed by atoms with E-state index >= 15 is 0 Å². The van der Waals surface area contributed by atoms with Gasteiger partial charge in [-0.15, -0.1) is 0 Å². The van der Waals surface area contributed by atoms with E-state index in [2.05, 4.69) is 5.16 Å². The number of alkyl halides is 1. The molecule has 1 heterocycles. The fraction of sp³-hybridized carbons (Fsp3) is 0.118. The van der Waals surface area contributed by atoms with Gasteiger partial charge < -0.3 is 9.26 Å². The van der Waals surface area contributed by atoms with Crippen LogP contribution in [0.15, 0.2) is 45.8 Å². The third-order valence-electron chi connectivity index (χ3n) is 3.84. The maximum atomic E-state index is 14.2. The van der Waals surface area contributed by atoms with Crippen LogP contribution < -0.4 is 9.88 Å². The van der Waals surface area contributed by atoms with Crippen molar-refractivity contribution < 1.29 is 26.5 Å². The lowest BCUT2D eigenvalue weighted by molar-refractivity contribution is 0.332. The van der Waals surface area contributed by atoms with Crippen molar-refractivity contribution in [3.8, 4) is 28.1 Å². The van der Waals surface area contributed by atoms with E-state index in [1.807, 2.05) is 0 Å². The molecule has 0 saturated carbocycles. The highest BCUT2D eigenvalue weighted by molar-refractivity contribution is 7.89. The Morgan fingerprint density at radius 2 is 1.93 bits per heavy atom. The predicted molar refractivity (Wildman–Crippen MR) is 95.1 cm³/mol. The summed E-state index contributed by atoms with van der Waals surface area (Å²) < 4.78 is 60.5. The third kappa shape index (κ3) is 3.66. The molecule has 0 aliphatic heterocycles. The number of aromatic nitrogens is 1. The Bertz CT molecular complexity index is 1120. The molecule has 0 amide bonds. The average Bonchev–Trinajstić information content (AvgIpc) is 3.04. The molecule has 27 heavy (non-hydrogen) atoms. The number of nitrogens with two attached hydrogens (primary N) is 1. The predicted octanol–water partition coefficient (Wildman–Crippen LogP) is 3.93. The van der Waals surface area contributed by atoms with E-state index in [1.54, 1.807) is 18.2 Å². The number of halogens is 3. The first kappa shape index (κ1) is 19.3. The summed E-state index contributed by atoms with van der Waals surface area (Å²) in [6, 6.07) is 7.99. The molecule has 0 bridgehead atoms. The summed E-state index contributed by atoms with van der Waals surface area (Å²) in [4.78, 5) is -0.668.